The van der Waals surface area contributed by atoms with Crippen molar-refractivity contribution in [3.63, 3.8) is 0 Å². The first-order chi connectivity index (χ1) is 8.84. The summed E-state index contributed by atoms with van der Waals surface area (Å²) in [5, 5.41) is 4.46. The third-order valence-corrected chi connectivity index (χ3v) is 3.42. The molecular weight excluding hydrogens is 219 g/mol. The third-order valence-electron chi connectivity index (χ3n) is 3.42. The topological polar surface area (TPSA) is 13.1 Å². The lowest BCUT2D eigenvalue weighted by Crippen LogP contribution is -2.02. The second kappa shape index (κ2) is 3.39. The van der Waals surface area contributed by atoms with Gasteiger partial charge in [0, 0.05) is 10.8 Å². The Balaban J connectivity index is 2.40. The van der Waals surface area contributed by atoms with Gasteiger partial charge in [0.05, 0.1) is 0 Å². The SMILES string of the molecule is [B]c1cccc2ccc3oc4ccccc4c3c12. The second-order valence-electron chi connectivity index (χ2n) is 4.48. The molecule has 0 bridgehead atoms. The summed E-state index contributed by atoms with van der Waals surface area (Å²) in [7, 11) is 6.13. The zero-order valence-electron chi connectivity index (χ0n) is 9.68. The van der Waals surface area contributed by atoms with Crippen molar-refractivity contribution in [1.82, 2.24) is 0 Å². The smallest absolute Gasteiger partial charge is 0.136 e. The summed E-state index contributed by atoms with van der Waals surface area (Å²) >= 11 is 0. The standard InChI is InChI=1S/C16H9BO/c17-12-6-3-4-10-8-9-14-16(15(10)12)11-5-1-2-7-13(11)18-14/h1-9H. The van der Waals surface area contributed by atoms with Gasteiger partial charge in [-0.1, -0.05) is 47.9 Å². The molecule has 4 aromatic rings. The van der Waals surface area contributed by atoms with E-state index in [2.05, 4.69) is 18.2 Å². The highest BCUT2D eigenvalue weighted by atomic mass is 16.3. The highest BCUT2D eigenvalue weighted by molar-refractivity contribution is 6.42. The monoisotopic (exact) mass is 228 g/mol. The van der Waals surface area contributed by atoms with E-state index in [1.807, 2.05) is 36.4 Å². The van der Waals surface area contributed by atoms with Crippen LogP contribution in [0.4, 0.5) is 0 Å². The van der Waals surface area contributed by atoms with Gasteiger partial charge in [-0.25, -0.2) is 0 Å². The molecule has 0 fully saturated rings. The molecule has 3 aromatic carbocycles. The van der Waals surface area contributed by atoms with Gasteiger partial charge in [-0.15, -0.1) is 0 Å². The molecule has 82 valence electrons. The van der Waals surface area contributed by atoms with E-state index in [1.54, 1.807) is 0 Å². The maximum absolute atomic E-state index is 6.13. The Bertz CT molecular complexity index is 889. The average molecular weight is 228 g/mol. The highest BCUT2D eigenvalue weighted by Gasteiger charge is 2.10. The van der Waals surface area contributed by atoms with Gasteiger partial charge >= 0.3 is 0 Å². The van der Waals surface area contributed by atoms with Crippen LogP contribution in [0.3, 0.4) is 0 Å². The van der Waals surface area contributed by atoms with Crippen molar-refractivity contribution in [1.29, 1.82) is 0 Å². The molecule has 0 N–H and O–H groups in total. The predicted molar refractivity (Wildman–Crippen MR) is 76.6 cm³/mol. The van der Waals surface area contributed by atoms with Crippen LogP contribution in [-0.4, -0.2) is 7.85 Å². The average Bonchev–Trinajstić information content (AvgIpc) is 2.77. The Labute approximate surface area is 105 Å². The summed E-state index contributed by atoms with van der Waals surface area (Å²) in [5.41, 5.74) is 2.59. The number of hydrogen-bond acceptors (Lipinski definition) is 1. The van der Waals surface area contributed by atoms with Crippen molar-refractivity contribution in [2.75, 3.05) is 0 Å². The van der Waals surface area contributed by atoms with Gasteiger partial charge in [-0.05, 0) is 22.9 Å². The zero-order valence-corrected chi connectivity index (χ0v) is 9.68. The van der Waals surface area contributed by atoms with E-state index in [4.69, 9.17) is 12.3 Å². The van der Waals surface area contributed by atoms with E-state index < -0.39 is 0 Å². The third kappa shape index (κ3) is 1.18. The summed E-state index contributed by atoms with van der Waals surface area (Å²) in [5.74, 6) is 0. The van der Waals surface area contributed by atoms with Crippen molar-refractivity contribution in [2.24, 2.45) is 0 Å². The van der Waals surface area contributed by atoms with Gasteiger partial charge in [0.1, 0.15) is 19.0 Å². The molecule has 1 nitrogen and oxygen atoms in total. The Morgan fingerprint density at radius 1 is 0.722 bits per heavy atom. The number of para-hydroxylation sites is 1. The quantitative estimate of drug-likeness (QED) is 0.419. The molecule has 2 heteroatoms. The lowest BCUT2D eigenvalue weighted by Gasteiger charge is -2.03. The minimum atomic E-state index is 0.796. The molecule has 0 aliphatic heterocycles. The van der Waals surface area contributed by atoms with Gasteiger partial charge in [0.25, 0.3) is 0 Å². The van der Waals surface area contributed by atoms with Crippen LogP contribution in [0.15, 0.2) is 59.0 Å². The lowest BCUT2D eigenvalue weighted by molar-refractivity contribution is 0.669. The summed E-state index contributed by atoms with van der Waals surface area (Å²) in [6.45, 7) is 0. The minimum absolute atomic E-state index is 0.796. The highest BCUT2D eigenvalue weighted by Crippen LogP contribution is 2.33. The van der Waals surface area contributed by atoms with Crippen LogP contribution in [0.1, 0.15) is 0 Å². The molecule has 18 heavy (non-hydrogen) atoms. The fraction of sp³-hybridized carbons (Fsp3) is 0. The van der Waals surface area contributed by atoms with Gasteiger partial charge in [0.15, 0.2) is 0 Å². The number of furan rings is 1. The summed E-state index contributed by atoms with van der Waals surface area (Å²) in [4.78, 5) is 0. The van der Waals surface area contributed by atoms with Crippen molar-refractivity contribution < 1.29 is 4.42 Å². The maximum atomic E-state index is 6.13. The fourth-order valence-electron chi connectivity index (χ4n) is 2.62. The fourth-order valence-corrected chi connectivity index (χ4v) is 2.62. The molecule has 0 unspecified atom stereocenters. The van der Waals surface area contributed by atoms with Gasteiger partial charge in [-0.3, -0.25) is 0 Å². The van der Waals surface area contributed by atoms with Crippen LogP contribution in [-0.2, 0) is 0 Å². The molecule has 0 amide bonds. The van der Waals surface area contributed by atoms with Crippen LogP contribution in [0, 0.1) is 0 Å². The summed E-state index contributed by atoms with van der Waals surface area (Å²) in [6.07, 6.45) is 0. The molecule has 1 aromatic heterocycles. The van der Waals surface area contributed by atoms with E-state index in [1.165, 1.54) is 0 Å². The van der Waals surface area contributed by atoms with Crippen LogP contribution in [0.2, 0.25) is 0 Å². The van der Waals surface area contributed by atoms with Crippen LogP contribution in [0.25, 0.3) is 32.7 Å². The largest absolute Gasteiger partial charge is 0.456 e. The van der Waals surface area contributed by atoms with Crippen molar-refractivity contribution in [2.45, 2.75) is 0 Å². The molecule has 0 aliphatic rings. The van der Waals surface area contributed by atoms with Gasteiger partial charge in [-0.2, -0.15) is 0 Å². The molecule has 1 heterocycles. The Morgan fingerprint density at radius 2 is 1.61 bits per heavy atom. The first-order valence-electron chi connectivity index (χ1n) is 5.93. The van der Waals surface area contributed by atoms with Gasteiger partial charge in [0.2, 0.25) is 0 Å². The molecule has 0 spiro atoms. The van der Waals surface area contributed by atoms with E-state index in [0.29, 0.717) is 0 Å². The Morgan fingerprint density at radius 3 is 2.56 bits per heavy atom. The van der Waals surface area contributed by atoms with Crippen molar-refractivity contribution in [3.05, 3.63) is 54.6 Å². The van der Waals surface area contributed by atoms with Crippen LogP contribution < -0.4 is 5.46 Å². The van der Waals surface area contributed by atoms with E-state index >= 15 is 0 Å². The number of hydrogen-bond donors (Lipinski definition) is 0. The minimum Gasteiger partial charge on any atom is -0.456 e. The molecule has 4 rings (SSSR count). The maximum Gasteiger partial charge on any atom is 0.136 e. The van der Waals surface area contributed by atoms with Gasteiger partial charge < -0.3 is 4.42 Å². The van der Waals surface area contributed by atoms with Crippen LogP contribution >= 0.6 is 0 Å². The number of rotatable bonds is 0. The Kier molecular flexibility index (Phi) is 1.84. The first kappa shape index (κ1) is 9.78. The van der Waals surface area contributed by atoms with Crippen molar-refractivity contribution >= 4 is 46.0 Å². The number of benzene rings is 3. The molecular formula is C16H9BO. The lowest BCUT2D eigenvalue weighted by atomic mass is 9.88. The van der Waals surface area contributed by atoms with E-state index in [0.717, 1.165) is 38.2 Å². The van der Waals surface area contributed by atoms with Crippen molar-refractivity contribution in [3.8, 4) is 0 Å². The predicted octanol–water partition coefficient (Wildman–Crippen LogP) is 3.53. The van der Waals surface area contributed by atoms with Crippen LogP contribution in [0.5, 0.6) is 0 Å². The number of fused-ring (bicyclic) bond motifs is 5. The molecule has 0 atom stereocenters. The van der Waals surface area contributed by atoms with E-state index in [9.17, 15) is 0 Å². The van der Waals surface area contributed by atoms with E-state index in [-0.39, 0.29) is 0 Å². The molecule has 2 radical (unpaired) electrons. The normalized spacial score (nSPS) is 11.6. The summed E-state index contributed by atoms with van der Waals surface area (Å²) in [6, 6.07) is 18.1. The molecule has 0 aliphatic carbocycles. The first-order valence-corrected chi connectivity index (χ1v) is 5.93. The Hall–Kier alpha value is -2.22. The second-order valence-corrected chi connectivity index (χ2v) is 4.48. The summed E-state index contributed by atoms with van der Waals surface area (Å²) < 4.78 is 5.86. The zero-order chi connectivity index (χ0) is 12.1. The molecule has 0 saturated carbocycles. The molecule has 0 saturated heterocycles.